The van der Waals surface area contributed by atoms with Gasteiger partial charge in [0, 0.05) is 16.7 Å². The Hall–Kier alpha value is -2.16. The van der Waals surface area contributed by atoms with Crippen molar-refractivity contribution in [3.8, 4) is 28.4 Å². The first-order valence-corrected chi connectivity index (χ1v) is 7.92. The van der Waals surface area contributed by atoms with Crippen molar-refractivity contribution in [2.24, 2.45) is 0 Å². The standard InChI is InChI=1S/C20H26O3/c1-11(2)13-9-15(18(22)16(10-13)20(4,5)6)14-7-12(3)8-17(21)19(14)23/h7-11,21-23H,1-6H3. The summed E-state index contributed by atoms with van der Waals surface area (Å²) in [6.07, 6.45) is 0. The molecule has 0 aromatic heterocycles. The summed E-state index contributed by atoms with van der Waals surface area (Å²) in [5, 5.41) is 31.0. The summed E-state index contributed by atoms with van der Waals surface area (Å²) in [5.74, 6) is 0.0662. The molecule has 2 rings (SSSR count). The molecule has 0 saturated carbocycles. The van der Waals surface area contributed by atoms with Crippen molar-refractivity contribution in [3.05, 3.63) is 41.0 Å². The summed E-state index contributed by atoms with van der Waals surface area (Å²) in [6, 6.07) is 7.20. The molecule has 0 heterocycles. The Bertz CT molecular complexity index is 738. The van der Waals surface area contributed by atoms with E-state index < -0.39 is 0 Å². The van der Waals surface area contributed by atoms with Crippen LogP contribution < -0.4 is 0 Å². The average Bonchev–Trinajstić information content (AvgIpc) is 2.41. The summed E-state index contributed by atoms with van der Waals surface area (Å²) >= 11 is 0. The zero-order valence-electron chi connectivity index (χ0n) is 14.7. The Labute approximate surface area is 138 Å². The molecule has 0 atom stereocenters. The second-order valence-corrected chi connectivity index (χ2v) is 7.55. The third kappa shape index (κ3) is 3.29. The molecule has 23 heavy (non-hydrogen) atoms. The van der Waals surface area contributed by atoms with Gasteiger partial charge in [-0.25, -0.2) is 0 Å². The van der Waals surface area contributed by atoms with E-state index in [2.05, 4.69) is 13.8 Å². The van der Waals surface area contributed by atoms with Crippen LogP contribution in [0.15, 0.2) is 24.3 Å². The smallest absolute Gasteiger partial charge is 0.165 e. The van der Waals surface area contributed by atoms with Gasteiger partial charge < -0.3 is 15.3 Å². The van der Waals surface area contributed by atoms with Crippen LogP contribution >= 0.6 is 0 Å². The first-order valence-electron chi connectivity index (χ1n) is 7.92. The number of phenolic OH excluding ortho intramolecular Hbond substituents is 3. The third-order valence-corrected chi connectivity index (χ3v) is 4.13. The van der Waals surface area contributed by atoms with Crippen molar-refractivity contribution in [1.29, 1.82) is 0 Å². The first-order chi connectivity index (χ1) is 10.5. The fraction of sp³-hybridized carbons (Fsp3) is 0.400. The number of rotatable bonds is 2. The van der Waals surface area contributed by atoms with E-state index in [1.165, 1.54) is 6.07 Å². The van der Waals surface area contributed by atoms with Crippen LogP contribution in [0.25, 0.3) is 11.1 Å². The number of hydrogen-bond acceptors (Lipinski definition) is 3. The number of benzene rings is 2. The molecule has 0 radical (unpaired) electrons. The van der Waals surface area contributed by atoms with Crippen molar-refractivity contribution in [1.82, 2.24) is 0 Å². The lowest BCUT2D eigenvalue weighted by Crippen LogP contribution is -2.12. The second-order valence-electron chi connectivity index (χ2n) is 7.55. The Morgan fingerprint density at radius 3 is 1.91 bits per heavy atom. The van der Waals surface area contributed by atoms with E-state index in [0.717, 1.165) is 16.7 Å². The largest absolute Gasteiger partial charge is 0.507 e. The van der Waals surface area contributed by atoms with E-state index >= 15 is 0 Å². The highest BCUT2D eigenvalue weighted by Gasteiger charge is 2.24. The molecule has 3 nitrogen and oxygen atoms in total. The lowest BCUT2D eigenvalue weighted by Gasteiger charge is -2.24. The molecule has 3 N–H and O–H groups in total. The highest BCUT2D eigenvalue weighted by molar-refractivity contribution is 5.80. The van der Waals surface area contributed by atoms with Crippen LogP contribution in [0.4, 0.5) is 0 Å². The number of aromatic hydroxyl groups is 3. The van der Waals surface area contributed by atoms with Crippen molar-refractivity contribution >= 4 is 0 Å². The van der Waals surface area contributed by atoms with Gasteiger partial charge in [-0.1, -0.05) is 40.7 Å². The molecule has 0 saturated heterocycles. The first kappa shape index (κ1) is 17.2. The highest BCUT2D eigenvalue weighted by Crippen LogP contribution is 2.46. The van der Waals surface area contributed by atoms with E-state index in [1.54, 1.807) is 6.07 Å². The maximum atomic E-state index is 10.8. The average molecular weight is 314 g/mol. The molecule has 2 aromatic carbocycles. The van der Waals surface area contributed by atoms with Gasteiger partial charge in [0.05, 0.1) is 0 Å². The summed E-state index contributed by atoms with van der Waals surface area (Å²) < 4.78 is 0. The van der Waals surface area contributed by atoms with Gasteiger partial charge in [-0.05, 0) is 47.6 Å². The quantitative estimate of drug-likeness (QED) is 0.668. The van der Waals surface area contributed by atoms with E-state index in [0.29, 0.717) is 11.1 Å². The molecule has 3 heteroatoms. The SMILES string of the molecule is Cc1cc(O)c(O)c(-c2cc(C(C)C)cc(C(C)(C)C)c2O)c1. The summed E-state index contributed by atoms with van der Waals surface area (Å²) in [5.41, 5.74) is 3.51. The molecule has 0 bridgehead atoms. The molecule has 2 aromatic rings. The van der Waals surface area contributed by atoms with Crippen molar-refractivity contribution in [3.63, 3.8) is 0 Å². The molecule has 0 aliphatic rings. The Kier molecular flexibility index (Phi) is 4.34. The highest BCUT2D eigenvalue weighted by atomic mass is 16.3. The van der Waals surface area contributed by atoms with Gasteiger partial charge in [-0.15, -0.1) is 0 Å². The van der Waals surface area contributed by atoms with Crippen molar-refractivity contribution < 1.29 is 15.3 Å². The molecule has 0 aliphatic carbocycles. The summed E-state index contributed by atoms with van der Waals surface area (Å²) in [4.78, 5) is 0. The molecule has 0 fully saturated rings. The Balaban J connectivity index is 2.84. The molecule has 124 valence electrons. The molecule has 0 unspecified atom stereocenters. The third-order valence-electron chi connectivity index (χ3n) is 4.13. The minimum absolute atomic E-state index is 0.155. The van der Waals surface area contributed by atoms with E-state index in [1.807, 2.05) is 39.8 Å². The minimum Gasteiger partial charge on any atom is -0.507 e. The van der Waals surface area contributed by atoms with E-state index in [9.17, 15) is 15.3 Å². The fourth-order valence-corrected chi connectivity index (χ4v) is 2.73. The summed E-state index contributed by atoms with van der Waals surface area (Å²) in [6.45, 7) is 12.2. The zero-order valence-corrected chi connectivity index (χ0v) is 14.7. The van der Waals surface area contributed by atoms with Gasteiger partial charge in [0.1, 0.15) is 5.75 Å². The number of phenols is 3. The normalized spacial score (nSPS) is 12.0. The van der Waals surface area contributed by atoms with Crippen LogP contribution in [0.5, 0.6) is 17.2 Å². The monoisotopic (exact) mass is 314 g/mol. The number of aryl methyl sites for hydroxylation is 1. The van der Waals surface area contributed by atoms with Gasteiger partial charge in [0.15, 0.2) is 11.5 Å². The van der Waals surface area contributed by atoms with E-state index in [4.69, 9.17) is 0 Å². The molecular formula is C20H26O3. The fourth-order valence-electron chi connectivity index (χ4n) is 2.73. The van der Waals surface area contributed by atoms with Gasteiger partial charge in [0.2, 0.25) is 0 Å². The van der Waals surface area contributed by atoms with Crippen molar-refractivity contribution in [2.75, 3.05) is 0 Å². The molecule has 0 spiro atoms. The predicted molar refractivity (Wildman–Crippen MR) is 94.4 cm³/mol. The van der Waals surface area contributed by atoms with Gasteiger partial charge in [0.25, 0.3) is 0 Å². The van der Waals surface area contributed by atoms with Crippen LogP contribution in [0.3, 0.4) is 0 Å². The molecule has 0 aliphatic heterocycles. The van der Waals surface area contributed by atoms with Crippen LogP contribution in [0.2, 0.25) is 0 Å². The zero-order chi connectivity index (χ0) is 17.5. The molecular weight excluding hydrogens is 288 g/mol. The van der Waals surface area contributed by atoms with Crippen LogP contribution in [0.1, 0.15) is 57.2 Å². The lowest BCUT2D eigenvalue weighted by atomic mass is 9.81. The van der Waals surface area contributed by atoms with Crippen LogP contribution in [-0.4, -0.2) is 15.3 Å². The summed E-state index contributed by atoms with van der Waals surface area (Å²) in [7, 11) is 0. The van der Waals surface area contributed by atoms with Crippen LogP contribution in [-0.2, 0) is 5.41 Å². The minimum atomic E-state index is -0.231. The number of hydrogen-bond donors (Lipinski definition) is 3. The molecule has 0 amide bonds. The Morgan fingerprint density at radius 2 is 1.39 bits per heavy atom. The topological polar surface area (TPSA) is 60.7 Å². The van der Waals surface area contributed by atoms with Gasteiger partial charge >= 0.3 is 0 Å². The maximum absolute atomic E-state index is 10.8. The van der Waals surface area contributed by atoms with Crippen molar-refractivity contribution in [2.45, 2.75) is 52.9 Å². The lowest BCUT2D eigenvalue weighted by molar-refractivity contribution is 0.404. The maximum Gasteiger partial charge on any atom is 0.165 e. The van der Waals surface area contributed by atoms with E-state index in [-0.39, 0.29) is 28.6 Å². The van der Waals surface area contributed by atoms with Gasteiger partial charge in [-0.3, -0.25) is 0 Å². The van der Waals surface area contributed by atoms with Gasteiger partial charge in [-0.2, -0.15) is 0 Å². The predicted octanol–water partition coefficient (Wildman–Crippen LogP) is 5.20. The second kappa shape index (κ2) is 5.80. The van der Waals surface area contributed by atoms with Crippen LogP contribution in [0, 0.1) is 6.92 Å². The Morgan fingerprint density at radius 1 is 0.826 bits per heavy atom.